The first-order valence-corrected chi connectivity index (χ1v) is 9.29. The lowest BCUT2D eigenvalue weighted by Gasteiger charge is -2.39. The number of fused-ring (bicyclic) bond motifs is 1. The van der Waals surface area contributed by atoms with E-state index in [4.69, 9.17) is 10.8 Å². The largest absolute Gasteiger partial charge is 0.480 e. The minimum Gasteiger partial charge on any atom is -0.480 e. The van der Waals surface area contributed by atoms with Gasteiger partial charge in [-0.1, -0.05) is 0 Å². The number of aliphatic hydroxyl groups is 1. The maximum absolute atomic E-state index is 11.9. The third kappa shape index (κ3) is 4.73. The van der Waals surface area contributed by atoms with Crippen LogP contribution in [0.3, 0.4) is 0 Å². The van der Waals surface area contributed by atoms with Crippen LogP contribution in [-0.4, -0.2) is 63.3 Å². The fraction of sp³-hybridized carbons (Fsp3) is 0.474. The number of amides is 1. The molecule has 0 aromatic carbocycles. The highest BCUT2D eigenvalue weighted by atomic mass is 16.4. The van der Waals surface area contributed by atoms with Gasteiger partial charge in [0.2, 0.25) is 5.91 Å². The topological polar surface area (TPSA) is 142 Å². The minimum absolute atomic E-state index is 0.0195. The molecule has 9 heteroatoms. The fourth-order valence-corrected chi connectivity index (χ4v) is 3.35. The van der Waals surface area contributed by atoms with Crippen molar-refractivity contribution in [2.24, 2.45) is 5.73 Å². The average Bonchev–Trinajstić information content (AvgIpc) is 2.70. The molecule has 0 bridgehead atoms. The Labute approximate surface area is 162 Å². The summed E-state index contributed by atoms with van der Waals surface area (Å²) < 4.78 is 0. The molecule has 0 spiro atoms. The summed E-state index contributed by atoms with van der Waals surface area (Å²) in [5.74, 6) is -1.43. The van der Waals surface area contributed by atoms with Gasteiger partial charge in [0.1, 0.15) is 6.04 Å². The number of hydrogen-bond acceptors (Lipinski definition) is 7. The van der Waals surface area contributed by atoms with Gasteiger partial charge in [-0.3, -0.25) is 19.6 Å². The first-order valence-electron chi connectivity index (χ1n) is 9.29. The Bertz CT molecular complexity index is 846. The first-order chi connectivity index (χ1) is 13.4. The van der Waals surface area contributed by atoms with E-state index in [0.29, 0.717) is 25.9 Å². The van der Waals surface area contributed by atoms with Gasteiger partial charge in [0.15, 0.2) is 0 Å². The molecule has 0 unspecified atom stereocenters. The summed E-state index contributed by atoms with van der Waals surface area (Å²) in [6.45, 7) is 1.43. The van der Waals surface area contributed by atoms with Crippen molar-refractivity contribution in [2.75, 3.05) is 24.5 Å². The molecule has 5 N–H and O–H groups in total. The molecule has 1 atom stereocenters. The molecular weight excluding hydrogens is 362 g/mol. The number of rotatable bonds is 7. The molecule has 1 aliphatic heterocycles. The van der Waals surface area contributed by atoms with Crippen molar-refractivity contribution in [2.45, 2.75) is 37.3 Å². The van der Waals surface area contributed by atoms with Crippen LogP contribution in [0.15, 0.2) is 30.7 Å². The van der Waals surface area contributed by atoms with Gasteiger partial charge in [0.05, 0.1) is 11.1 Å². The lowest BCUT2D eigenvalue weighted by atomic mass is 9.90. The normalized spacial score (nSPS) is 17.3. The zero-order valence-electron chi connectivity index (χ0n) is 15.5. The fourth-order valence-electron chi connectivity index (χ4n) is 3.35. The second kappa shape index (κ2) is 8.49. The van der Waals surface area contributed by atoms with Crippen LogP contribution in [0, 0.1) is 0 Å². The number of carboxylic acids is 1. The van der Waals surface area contributed by atoms with Gasteiger partial charge in [-0.2, -0.15) is 0 Å². The van der Waals surface area contributed by atoms with Gasteiger partial charge in [0, 0.05) is 55.7 Å². The highest BCUT2D eigenvalue weighted by molar-refractivity contribution is 5.90. The number of pyridine rings is 2. The monoisotopic (exact) mass is 387 g/mol. The lowest BCUT2D eigenvalue weighted by Crippen LogP contribution is -2.51. The molecule has 0 saturated carbocycles. The molecule has 1 fully saturated rings. The molecule has 150 valence electrons. The van der Waals surface area contributed by atoms with Crippen LogP contribution >= 0.6 is 0 Å². The van der Waals surface area contributed by atoms with Crippen molar-refractivity contribution in [3.05, 3.63) is 30.7 Å². The van der Waals surface area contributed by atoms with Gasteiger partial charge in [0.25, 0.3) is 0 Å². The molecule has 3 rings (SSSR count). The molecule has 1 amide bonds. The lowest BCUT2D eigenvalue weighted by molar-refractivity contribution is -0.138. The number of aromatic nitrogens is 2. The molecule has 1 aliphatic rings. The number of hydrogen-bond donors (Lipinski definition) is 4. The van der Waals surface area contributed by atoms with E-state index in [9.17, 15) is 14.7 Å². The van der Waals surface area contributed by atoms with E-state index in [-0.39, 0.29) is 25.3 Å². The van der Waals surface area contributed by atoms with E-state index < -0.39 is 17.6 Å². The van der Waals surface area contributed by atoms with E-state index >= 15 is 0 Å². The third-order valence-electron chi connectivity index (χ3n) is 5.17. The number of nitrogens with two attached hydrogens (primary N) is 1. The van der Waals surface area contributed by atoms with Crippen LogP contribution in [0.1, 0.15) is 25.7 Å². The summed E-state index contributed by atoms with van der Waals surface area (Å²) in [6, 6.07) is 2.76. The summed E-state index contributed by atoms with van der Waals surface area (Å²) in [5, 5.41) is 23.2. The Kier molecular flexibility index (Phi) is 6.05. The molecule has 3 heterocycles. The number of nitrogens with one attached hydrogen (secondary N) is 1. The molecule has 0 radical (unpaired) electrons. The average molecular weight is 387 g/mol. The number of anilines is 1. The van der Waals surface area contributed by atoms with E-state index in [1.807, 2.05) is 12.1 Å². The van der Waals surface area contributed by atoms with Crippen molar-refractivity contribution in [1.29, 1.82) is 0 Å². The molecular formula is C19H25N5O4. The quantitative estimate of drug-likeness (QED) is 0.530. The van der Waals surface area contributed by atoms with Gasteiger partial charge in [-0.05, 0) is 31.4 Å². The van der Waals surface area contributed by atoms with Crippen LogP contribution in [-0.2, 0) is 9.59 Å². The van der Waals surface area contributed by atoms with Crippen LogP contribution in [0.4, 0.5) is 5.69 Å². The van der Waals surface area contributed by atoms with Gasteiger partial charge < -0.3 is 26.2 Å². The minimum atomic E-state index is -1.13. The summed E-state index contributed by atoms with van der Waals surface area (Å²) in [7, 11) is 0. The summed E-state index contributed by atoms with van der Waals surface area (Å²) in [4.78, 5) is 33.3. The predicted molar refractivity (Wildman–Crippen MR) is 104 cm³/mol. The maximum atomic E-state index is 11.9. The number of carbonyl (C=O) groups excluding carboxylic acids is 1. The molecule has 0 aliphatic carbocycles. The Morgan fingerprint density at radius 2 is 2.04 bits per heavy atom. The van der Waals surface area contributed by atoms with Crippen molar-refractivity contribution in [3.63, 3.8) is 0 Å². The number of nitrogens with zero attached hydrogens (tertiary/aromatic N) is 3. The zero-order chi connectivity index (χ0) is 20.1. The van der Waals surface area contributed by atoms with Gasteiger partial charge in [-0.25, -0.2) is 0 Å². The first kappa shape index (κ1) is 20.0. The Hall–Kier alpha value is -2.78. The van der Waals surface area contributed by atoms with Crippen molar-refractivity contribution < 1.29 is 19.8 Å². The number of carbonyl (C=O) groups is 2. The second-order valence-electron chi connectivity index (χ2n) is 7.19. The highest BCUT2D eigenvalue weighted by Crippen LogP contribution is 2.30. The SMILES string of the molecule is N[C@H](CCC(=O)NCC1(O)CCN(c2ccnc3ccncc23)CC1)C(=O)O. The number of carboxylic acid groups (broad SMARTS) is 1. The number of piperidine rings is 1. The third-order valence-corrected chi connectivity index (χ3v) is 5.17. The van der Waals surface area contributed by atoms with E-state index in [2.05, 4.69) is 20.2 Å². The number of aliphatic carboxylic acids is 1. The Morgan fingerprint density at radius 3 is 2.75 bits per heavy atom. The summed E-state index contributed by atoms with van der Waals surface area (Å²) in [6.07, 6.45) is 6.36. The summed E-state index contributed by atoms with van der Waals surface area (Å²) in [5.41, 5.74) is 6.32. The predicted octanol–water partition coefficient (Wildman–Crippen LogP) is 0.269. The summed E-state index contributed by atoms with van der Waals surface area (Å²) >= 11 is 0. The van der Waals surface area contributed by atoms with Crippen molar-refractivity contribution >= 4 is 28.5 Å². The Balaban J connectivity index is 1.52. The molecule has 1 saturated heterocycles. The maximum Gasteiger partial charge on any atom is 0.320 e. The standard InChI is InChI=1S/C19H25N5O4/c20-14(18(26)27)1-2-17(25)23-12-19(28)5-9-24(10-6-19)16-4-8-22-15-3-7-21-11-13(15)16/h3-4,7-8,11,14,28H,1-2,5-6,9-10,12,20H2,(H,23,25)(H,26,27)/t14-/m1/s1. The van der Waals surface area contributed by atoms with E-state index in [1.165, 1.54) is 0 Å². The van der Waals surface area contributed by atoms with Crippen LogP contribution in [0.2, 0.25) is 0 Å². The molecule has 28 heavy (non-hydrogen) atoms. The van der Waals surface area contributed by atoms with Gasteiger partial charge in [-0.15, -0.1) is 0 Å². The molecule has 2 aromatic heterocycles. The molecule has 2 aromatic rings. The van der Waals surface area contributed by atoms with Crippen LogP contribution < -0.4 is 16.0 Å². The van der Waals surface area contributed by atoms with Crippen molar-refractivity contribution in [1.82, 2.24) is 15.3 Å². The zero-order valence-corrected chi connectivity index (χ0v) is 15.5. The van der Waals surface area contributed by atoms with Crippen LogP contribution in [0.25, 0.3) is 10.9 Å². The highest BCUT2D eigenvalue weighted by Gasteiger charge is 2.33. The van der Waals surface area contributed by atoms with Crippen molar-refractivity contribution in [3.8, 4) is 0 Å². The van der Waals surface area contributed by atoms with E-state index in [1.54, 1.807) is 18.6 Å². The molecule has 9 nitrogen and oxygen atoms in total. The van der Waals surface area contributed by atoms with Gasteiger partial charge >= 0.3 is 5.97 Å². The second-order valence-corrected chi connectivity index (χ2v) is 7.19. The smallest absolute Gasteiger partial charge is 0.320 e. The Morgan fingerprint density at radius 1 is 1.29 bits per heavy atom. The van der Waals surface area contributed by atoms with Crippen LogP contribution in [0.5, 0.6) is 0 Å². The van der Waals surface area contributed by atoms with E-state index in [0.717, 1.165) is 16.6 Å².